The molecule has 0 aromatic carbocycles. The van der Waals surface area contributed by atoms with Crippen molar-refractivity contribution in [1.29, 1.82) is 0 Å². The highest BCUT2D eigenvalue weighted by Crippen LogP contribution is 2.27. The smallest absolute Gasteiger partial charge is 0.332 e. The Morgan fingerprint density at radius 3 is 2.56 bits per heavy atom. The van der Waals surface area contributed by atoms with Crippen molar-refractivity contribution in [2.75, 3.05) is 6.61 Å². The Labute approximate surface area is 101 Å². The van der Waals surface area contributed by atoms with Crippen LogP contribution in [0.5, 0.6) is 0 Å². The van der Waals surface area contributed by atoms with Crippen molar-refractivity contribution in [2.24, 2.45) is 7.05 Å². The van der Waals surface area contributed by atoms with Gasteiger partial charge in [0.1, 0.15) is 18.3 Å². The first-order valence-electron chi connectivity index (χ1n) is 5.38. The molecule has 1 aliphatic heterocycles. The van der Waals surface area contributed by atoms with Crippen molar-refractivity contribution in [2.45, 2.75) is 24.5 Å². The summed E-state index contributed by atoms with van der Waals surface area (Å²) in [6.45, 7) is -0.477. The van der Waals surface area contributed by atoms with Crippen LogP contribution in [0, 0.1) is 0 Å². The fourth-order valence-corrected chi connectivity index (χ4v) is 1.89. The van der Waals surface area contributed by atoms with E-state index in [4.69, 9.17) is 9.84 Å². The fourth-order valence-electron chi connectivity index (χ4n) is 1.89. The third kappa shape index (κ3) is 1.89. The summed E-state index contributed by atoms with van der Waals surface area (Å²) in [6.07, 6.45) is -3.54. The van der Waals surface area contributed by atoms with Crippen molar-refractivity contribution in [3.8, 4) is 0 Å². The average molecular weight is 258 g/mol. The quantitative estimate of drug-likeness (QED) is 0.526. The number of hydrogen-bond acceptors (Lipinski definition) is 6. The SMILES string of the molecule is Cn1c(=O)ccn([C@@H]2O[C@@H](CO)[C@@H](O)[C@@H]2O)c1=O. The van der Waals surface area contributed by atoms with Gasteiger partial charge in [0, 0.05) is 19.3 Å². The summed E-state index contributed by atoms with van der Waals surface area (Å²) >= 11 is 0. The van der Waals surface area contributed by atoms with Gasteiger partial charge in [-0.1, -0.05) is 0 Å². The maximum atomic E-state index is 11.8. The first-order valence-corrected chi connectivity index (χ1v) is 5.38. The Morgan fingerprint density at radius 1 is 1.33 bits per heavy atom. The fraction of sp³-hybridized carbons (Fsp3) is 0.600. The van der Waals surface area contributed by atoms with Gasteiger partial charge in [-0.2, -0.15) is 0 Å². The van der Waals surface area contributed by atoms with Crippen molar-refractivity contribution >= 4 is 0 Å². The molecule has 2 rings (SSSR count). The second kappa shape index (κ2) is 4.65. The molecule has 3 N–H and O–H groups in total. The second-order valence-corrected chi connectivity index (χ2v) is 4.13. The van der Waals surface area contributed by atoms with Gasteiger partial charge in [-0.3, -0.25) is 13.9 Å². The van der Waals surface area contributed by atoms with Crippen LogP contribution < -0.4 is 11.2 Å². The van der Waals surface area contributed by atoms with Gasteiger partial charge < -0.3 is 20.1 Å². The number of nitrogens with zero attached hydrogens (tertiary/aromatic N) is 2. The molecule has 0 amide bonds. The van der Waals surface area contributed by atoms with Crippen LogP contribution in [0.25, 0.3) is 0 Å². The minimum atomic E-state index is -1.35. The van der Waals surface area contributed by atoms with Crippen LogP contribution in [0.1, 0.15) is 6.23 Å². The highest BCUT2D eigenvalue weighted by atomic mass is 16.6. The van der Waals surface area contributed by atoms with Gasteiger partial charge in [-0.25, -0.2) is 4.79 Å². The van der Waals surface area contributed by atoms with E-state index in [1.54, 1.807) is 0 Å². The zero-order chi connectivity index (χ0) is 13.4. The maximum absolute atomic E-state index is 11.8. The molecule has 0 bridgehead atoms. The Kier molecular flexibility index (Phi) is 3.35. The van der Waals surface area contributed by atoms with Gasteiger partial charge in [-0.05, 0) is 0 Å². The van der Waals surface area contributed by atoms with E-state index in [-0.39, 0.29) is 0 Å². The number of ether oxygens (including phenoxy) is 1. The maximum Gasteiger partial charge on any atom is 0.332 e. The van der Waals surface area contributed by atoms with E-state index in [0.717, 1.165) is 15.2 Å². The molecule has 18 heavy (non-hydrogen) atoms. The van der Waals surface area contributed by atoms with Gasteiger partial charge in [0.25, 0.3) is 5.56 Å². The molecular weight excluding hydrogens is 244 g/mol. The monoisotopic (exact) mass is 258 g/mol. The molecular formula is C10H14N2O6. The van der Waals surface area contributed by atoms with Gasteiger partial charge in [0.05, 0.1) is 6.61 Å². The first kappa shape index (κ1) is 13.0. The lowest BCUT2D eigenvalue weighted by molar-refractivity contribution is -0.0555. The van der Waals surface area contributed by atoms with Gasteiger partial charge in [-0.15, -0.1) is 0 Å². The van der Waals surface area contributed by atoms with Crippen molar-refractivity contribution in [1.82, 2.24) is 9.13 Å². The highest BCUT2D eigenvalue weighted by molar-refractivity contribution is 4.93. The zero-order valence-corrected chi connectivity index (χ0v) is 9.63. The molecule has 0 saturated carbocycles. The lowest BCUT2D eigenvalue weighted by Crippen LogP contribution is -2.41. The first-order chi connectivity index (χ1) is 8.47. The number of aliphatic hydroxyl groups excluding tert-OH is 3. The summed E-state index contributed by atoms with van der Waals surface area (Å²) in [5.41, 5.74) is -1.15. The lowest BCUT2D eigenvalue weighted by atomic mass is 10.1. The van der Waals surface area contributed by atoms with E-state index in [0.29, 0.717) is 0 Å². The predicted molar refractivity (Wildman–Crippen MR) is 59.0 cm³/mol. The lowest BCUT2D eigenvalue weighted by Gasteiger charge is -2.17. The second-order valence-electron chi connectivity index (χ2n) is 4.13. The highest BCUT2D eigenvalue weighted by Gasteiger charge is 2.43. The summed E-state index contributed by atoms with van der Waals surface area (Å²) in [7, 11) is 1.29. The van der Waals surface area contributed by atoms with E-state index in [2.05, 4.69) is 0 Å². The van der Waals surface area contributed by atoms with Crippen molar-refractivity contribution < 1.29 is 20.1 Å². The summed E-state index contributed by atoms with van der Waals surface area (Å²) in [5.74, 6) is 0. The molecule has 100 valence electrons. The van der Waals surface area contributed by atoms with E-state index >= 15 is 0 Å². The summed E-state index contributed by atoms with van der Waals surface area (Å²) in [4.78, 5) is 23.0. The van der Waals surface area contributed by atoms with E-state index in [1.807, 2.05) is 0 Å². The van der Waals surface area contributed by atoms with Crippen molar-refractivity contribution in [3.63, 3.8) is 0 Å². The van der Waals surface area contributed by atoms with Crippen LogP contribution in [-0.4, -0.2) is 49.4 Å². The van der Waals surface area contributed by atoms with Crippen LogP contribution in [-0.2, 0) is 11.8 Å². The molecule has 2 heterocycles. The zero-order valence-electron chi connectivity index (χ0n) is 9.63. The molecule has 8 heteroatoms. The molecule has 0 radical (unpaired) electrons. The summed E-state index contributed by atoms with van der Waals surface area (Å²) in [5, 5.41) is 28.3. The Balaban J connectivity index is 2.42. The largest absolute Gasteiger partial charge is 0.394 e. The molecule has 1 fully saturated rings. The minimum Gasteiger partial charge on any atom is -0.394 e. The molecule has 0 unspecified atom stereocenters. The molecule has 4 atom stereocenters. The van der Waals surface area contributed by atoms with E-state index in [1.165, 1.54) is 13.2 Å². The number of aromatic nitrogens is 2. The Morgan fingerprint density at radius 2 is 2.00 bits per heavy atom. The Bertz CT molecular complexity index is 550. The third-order valence-corrected chi connectivity index (χ3v) is 3.01. The molecule has 0 spiro atoms. The number of aliphatic hydroxyl groups is 3. The van der Waals surface area contributed by atoms with Gasteiger partial charge >= 0.3 is 5.69 Å². The van der Waals surface area contributed by atoms with Gasteiger partial charge in [0.2, 0.25) is 0 Å². The van der Waals surface area contributed by atoms with Crippen LogP contribution >= 0.6 is 0 Å². The normalized spacial score (nSPS) is 31.8. The number of rotatable bonds is 2. The standard InChI is InChI=1S/C10H14N2O6/c1-11-6(14)2-3-12(10(11)17)9-8(16)7(15)5(4-13)18-9/h2-3,5,7-9,13,15-16H,4H2,1H3/t5-,7+,8-,9+/m0/s1. The molecule has 1 saturated heterocycles. The average Bonchev–Trinajstić information content (AvgIpc) is 2.64. The Hall–Kier alpha value is -1.48. The summed E-state index contributed by atoms with van der Waals surface area (Å²) in [6, 6.07) is 1.15. The number of hydrogen-bond donors (Lipinski definition) is 3. The van der Waals surface area contributed by atoms with E-state index in [9.17, 15) is 19.8 Å². The van der Waals surface area contributed by atoms with Crippen LogP contribution in [0.2, 0.25) is 0 Å². The predicted octanol–water partition coefficient (Wildman–Crippen LogP) is -2.84. The molecule has 1 aromatic heterocycles. The van der Waals surface area contributed by atoms with Crippen LogP contribution in [0.15, 0.2) is 21.9 Å². The topological polar surface area (TPSA) is 114 Å². The third-order valence-electron chi connectivity index (χ3n) is 3.01. The van der Waals surface area contributed by atoms with Crippen molar-refractivity contribution in [3.05, 3.63) is 33.1 Å². The van der Waals surface area contributed by atoms with Crippen LogP contribution in [0.3, 0.4) is 0 Å². The molecule has 8 nitrogen and oxygen atoms in total. The van der Waals surface area contributed by atoms with Gasteiger partial charge in [0.15, 0.2) is 6.23 Å². The molecule has 0 aliphatic carbocycles. The molecule has 1 aromatic rings. The summed E-state index contributed by atoms with van der Waals surface area (Å²) < 4.78 is 7.06. The minimum absolute atomic E-state index is 0.477. The molecule has 1 aliphatic rings. The van der Waals surface area contributed by atoms with E-state index < -0.39 is 42.4 Å². The van der Waals surface area contributed by atoms with Crippen LogP contribution in [0.4, 0.5) is 0 Å².